The number of hydrogen-bond donors (Lipinski definition) is 1. The molecule has 0 saturated carbocycles. The van der Waals surface area contributed by atoms with Crippen molar-refractivity contribution in [3.05, 3.63) is 29.3 Å². The van der Waals surface area contributed by atoms with Crippen molar-refractivity contribution in [1.29, 1.82) is 0 Å². The lowest BCUT2D eigenvalue weighted by molar-refractivity contribution is 0.908. The molecular formula is C9H9N3S. The Hall–Kier alpha value is -1.42. The predicted molar refractivity (Wildman–Crippen MR) is 56.3 cm³/mol. The third-order valence-electron chi connectivity index (χ3n) is 1.70. The van der Waals surface area contributed by atoms with E-state index in [0.29, 0.717) is 0 Å². The lowest BCUT2D eigenvalue weighted by atomic mass is 10.2. The first-order valence-corrected chi connectivity index (χ1v) is 4.81. The molecule has 2 aromatic rings. The summed E-state index contributed by atoms with van der Waals surface area (Å²) in [5.41, 5.74) is 6.66. The molecule has 0 aliphatic carbocycles. The molecule has 0 spiro atoms. The van der Waals surface area contributed by atoms with Crippen molar-refractivity contribution in [2.24, 2.45) is 5.10 Å². The van der Waals surface area contributed by atoms with Crippen LogP contribution in [0.1, 0.15) is 5.56 Å². The first kappa shape index (κ1) is 8.19. The monoisotopic (exact) mass is 191 g/mol. The Morgan fingerprint density at radius 3 is 3.31 bits per heavy atom. The molecule has 0 atom stereocenters. The van der Waals surface area contributed by atoms with Crippen LogP contribution in [0.2, 0.25) is 0 Å². The fourth-order valence-electron chi connectivity index (χ4n) is 1.09. The van der Waals surface area contributed by atoms with Crippen LogP contribution in [0.3, 0.4) is 0 Å². The van der Waals surface area contributed by atoms with Crippen LogP contribution >= 0.6 is 11.3 Å². The molecule has 0 aliphatic rings. The van der Waals surface area contributed by atoms with Crippen LogP contribution in [0, 0.1) is 0 Å². The molecule has 1 aromatic heterocycles. The van der Waals surface area contributed by atoms with E-state index in [1.54, 1.807) is 24.6 Å². The van der Waals surface area contributed by atoms with Crippen LogP contribution in [0.4, 0.5) is 0 Å². The minimum Gasteiger partial charge on any atom is -0.313 e. The second-order valence-electron chi connectivity index (χ2n) is 2.56. The van der Waals surface area contributed by atoms with Crippen molar-refractivity contribution in [1.82, 2.24) is 10.4 Å². The van der Waals surface area contributed by atoms with E-state index in [9.17, 15) is 0 Å². The SMILES string of the molecule is CNN=Cc1ccc2scnc2c1. The summed E-state index contributed by atoms with van der Waals surface area (Å²) in [6.45, 7) is 0. The molecule has 0 amide bonds. The first-order valence-electron chi connectivity index (χ1n) is 3.93. The van der Waals surface area contributed by atoms with Gasteiger partial charge in [-0.3, -0.25) is 0 Å². The standard InChI is InChI=1S/C9H9N3S/c1-10-12-5-7-2-3-9-8(4-7)11-6-13-9/h2-6,10H,1H3. The molecule has 0 aliphatic heterocycles. The van der Waals surface area contributed by atoms with Crippen molar-refractivity contribution in [2.75, 3.05) is 7.05 Å². The summed E-state index contributed by atoms with van der Waals surface area (Å²) in [4.78, 5) is 4.22. The van der Waals surface area contributed by atoms with Gasteiger partial charge >= 0.3 is 0 Å². The summed E-state index contributed by atoms with van der Waals surface area (Å²) in [7, 11) is 1.78. The number of hydrazone groups is 1. The number of fused-ring (bicyclic) bond motifs is 1. The van der Waals surface area contributed by atoms with Gasteiger partial charge in [-0.25, -0.2) is 4.98 Å². The Morgan fingerprint density at radius 1 is 1.54 bits per heavy atom. The minimum absolute atomic E-state index is 1.03. The Morgan fingerprint density at radius 2 is 2.46 bits per heavy atom. The normalized spacial score (nSPS) is 11.2. The number of aromatic nitrogens is 1. The van der Waals surface area contributed by atoms with Crippen LogP contribution in [-0.4, -0.2) is 18.2 Å². The molecule has 0 saturated heterocycles. The van der Waals surface area contributed by atoms with Gasteiger partial charge in [-0.05, 0) is 17.7 Å². The zero-order valence-corrected chi connectivity index (χ0v) is 8.01. The summed E-state index contributed by atoms with van der Waals surface area (Å²) in [5.74, 6) is 0. The maximum Gasteiger partial charge on any atom is 0.0818 e. The highest BCUT2D eigenvalue weighted by atomic mass is 32.1. The van der Waals surface area contributed by atoms with Crippen LogP contribution in [-0.2, 0) is 0 Å². The van der Waals surface area contributed by atoms with Crippen LogP contribution in [0.15, 0.2) is 28.8 Å². The van der Waals surface area contributed by atoms with Crippen LogP contribution < -0.4 is 5.43 Å². The fraction of sp³-hybridized carbons (Fsp3) is 0.111. The smallest absolute Gasteiger partial charge is 0.0818 e. The number of hydrogen-bond acceptors (Lipinski definition) is 4. The number of nitrogens with zero attached hydrogens (tertiary/aromatic N) is 2. The highest BCUT2D eigenvalue weighted by Crippen LogP contribution is 2.17. The average Bonchev–Trinajstić information content (AvgIpc) is 2.61. The van der Waals surface area contributed by atoms with E-state index in [1.165, 1.54) is 4.70 Å². The van der Waals surface area contributed by atoms with Gasteiger partial charge in [0, 0.05) is 7.05 Å². The zero-order chi connectivity index (χ0) is 9.10. The summed E-state index contributed by atoms with van der Waals surface area (Å²) in [6, 6.07) is 6.11. The first-order chi connectivity index (χ1) is 6.40. The topological polar surface area (TPSA) is 37.3 Å². The number of rotatable bonds is 2. The molecule has 66 valence electrons. The van der Waals surface area contributed by atoms with Gasteiger partial charge in [-0.15, -0.1) is 11.3 Å². The molecule has 4 heteroatoms. The quantitative estimate of drug-likeness (QED) is 0.581. The predicted octanol–water partition coefficient (Wildman–Crippen LogP) is 1.85. The maximum atomic E-state index is 4.22. The van der Waals surface area contributed by atoms with Gasteiger partial charge in [-0.2, -0.15) is 5.10 Å². The van der Waals surface area contributed by atoms with Gasteiger partial charge in [0.2, 0.25) is 0 Å². The highest BCUT2D eigenvalue weighted by Gasteiger charge is 1.95. The molecule has 0 unspecified atom stereocenters. The largest absolute Gasteiger partial charge is 0.313 e. The summed E-state index contributed by atoms with van der Waals surface area (Å²) >= 11 is 1.65. The maximum absolute atomic E-state index is 4.22. The molecule has 1 N–H and O–H groups in total. The van der Waals surface area contributed by atoms with Crippen molar-refractivity contribution in [2.45, 2.75) is 0 Å². The summed E-state index contributed by atoms with van der Waals surface area (Å²) in [5, 5.41) is 3.93. The molecular weight excluding hydrogens is 182 g/mol. The van der Waals surface area contributed by atoms with Crippen molar-refractivity contribution < 1.29 is 0 Å². The third-order valence-corrected chi connectivity index (χ3v) is 2.51. The van der Waals surface area contributed by atoms with Gasteiger partial charge < -0.3 is 5.43 Å². The van der Waals surface area contributed by atoms with Crippen molar-refractivity contribution >= 4 is 27.8 Å². The van der Waals surface area contributed by atoms with Crippen LogP contribution in [0.25, 0.3) is 10.2 Å². The second-order valence-corrected chi connectivity index (χ2v) is 3.45. The van der Waals surface area contributed by atoms with E-state index in [2.05, 4.69) is 21.6 Å². The summed E-state index contributed by atoms with van der Waals surface area (Å²) < 4.78 is 1.21. The van der Waals surface area contributed by atoms with Gasteiger partial charge in [0.1, 0.15) is 0 Å². The highest BCUT2D eigenvalue weighted by molar-refractivity contribution is 7.16. The molecule has 1 heterocycles. The lowest BCUT2D eigenvalue weighted by Crippen LogP contribution is -1.94. The van der Waals surface area contributed by atoms with E-state index >= 15 is 0 Å². The molecule has 0 bridgehead atoms. The third kappa shape index (κ3) is 1.67. The van der Waals surface area contributed by atoms with Gasteiger partial charge in [0.05, 0.1) is 21.9 Å². The molecule has 0 fully saturated rings. The Kier molecular flexibility index (Phi) is 2.23. The molecule has 1 aromatic carbocycles. The second kappa shape index (κ2) is 3.53. The molecule has 2 rings (SSSR count). The van der Waals surface area contributed by atoms with Gasteiger partial charge in [0.15, 0.2) is 0 Å². The minimum atomic E-state index is 1.03. The zero-order valence-electron chi connectivity index (χ0n) is 7.19. The number of benzene rings is 1. The van der Waals surface area contributed by atoms with Crippen molar-refractivity contribution in [3.63, 3.8) is 0 Å². The van der Waals surface area contributed by atoms with E-state index in [-0.39, 0.29) is 0 Å². The van der Waals surface area contributed by atoms with E-state index in [1.807, 2.05) is 17.6 Å². The van der Waals surface area contributed by atoms with Crippen molar-refractivity contribution in [3.8, 4) is 0 Å². The van der Waals surface area contributed by atoms with E-state index < -0.39 is 0 Å². The Labute approximate surface area is 80.1 Å². The fourth-order valence-corrected chi connectivity index (χ4v) is 1.75. The molecule has 3 nitrogen and oxygen atoms in total. The van der Waals surface area contributed by atoms with E-state index in [0.717, 1.165) is 11.1 Å². The van der Waals surface area contributed by atoms with Crippen LogP contribution in [0.5, 0.6) is 0 Å². The Balaban J connectivity index is 2.42. The Bertz CT molecular complexity index is 433. The number of nitrogens with one attached hydrogen (secondary N) is 1. The number of thiazole rings is 1. The van der Waals surface area contributed by atoms with Gasteiger partial charge in [-0.1, -0.05) is 6.07 Å². The lowest BCUT2D eigenvalue weighted by Gasteiger charge is -1.92. The summed E-state index contributed by atoms with van der Waals surface area (Å²) in [6.07, 6.45) is 1.78. The van der Waals surface area contributed by atoms with E-state index in [4.69, 9.17) is 0 Å². The molecule has 0 radical (unpaired) electrons. The van der Waals surface area contributed by atoms with Gasteiger partial charge in [0.25, 0.3) is 0 Å². The average molecular weight is 191 g/mol. The molecule has 13 heavy (non-hydrogen) atoms.